The molecule has 114 valence electrons. The number of amides is 1. The summed E-state index contributed by atoms with van der Waals surface area (Å²) in [4.78, 5) is 23.1. The number of nitrogens with one attached hydrogen (secondary N) is 2. The van der Waals surface area contributed by atoms with E-state index in [0.29, 0.717) is 17.7 Å². The van der Waals surface area contributed by atoms with Crippen LogP contribution in [0.3, 0.4) is 0 Å². The Hall–Kier alpha value is -1.62. The number of rotatable bonds is 7. The Labute approximate surface area is 134 Å². The van der Waals surface area contributed by atoms with E-state index >= 15 is 0 Å². The third-order valence-corrected chi connectivity index (χ3v) is 3.92. The van der Waals surface area contributed by atoms with Crippen LogP contribution in [0.2, 0.25) is 0 Å². The van der Waals surface area contributed by atoms with Crippen molar-refractivity contribution in [2.75, 3.05) is 11.9 Å². The maximum atomic E-state index is 12.0. The normalized spacial score (nSPS) is 11.1. The first-order valence-electron chi connectivity index (χ1n) is 6.96. The molecule has 0 saturated carbocycles. The molecule has 0 saturated heterocycles. The van der Waals surface area contributed by atoms with Gasteiger partial charge in [-0.15, -0.1) is 0 Å². The molecule has 5 heteroatoms. The summed E-state index contributed by atoms with van der Waals surface area (Å²) < 4.78 is 0.803. The first kappa shape index (κ1) is 17.4. The van der Waals surface area contributed by atoms with Crippen LogP contribution >= 0.6 is 15.9 Å². The van der Waals surface area contributed by atoms with Gasteiger partial charge in [-0.2, -0.15) is 0 Å². The molecule has 1 aromatic rings. The summed E-state index contributed by atoms with van der Waals surface area (Å²) in [5.41, 5.74) is 2.94. The van der Waals surface area contributed by atoms with Crippen LogP contribution in [0.5, 0.6) is 0 Å². The Morgan fingerprint density at radius 3 is 2.67 bits per heavy atom. The SMILES string of the molecule is C/C=C(/CC(=O)Nc1cc(Br)c(C)c(C=O)c1)NCCC. The molecule has 0 radical (unpaired) electrons. The highest BCUT2D eigenvalue weighted by atomic mass is 79.9. The van der Waals surface area contributed by atoms with Crippen molar-refractivity contribution >= 4 is 33.8 Å². The van der Waals surface area contributed by atoms with Crippen LogP contribution in [0.1, 0.15) is 42.6 Å². The monoisotopic (exact) mass is 352 g/mol. The van der Waals surface area contributed by atoms with Gasteiger partial charge in [0.05, 0.1) is 6.42 Å². The molecule has 1 aromatic carbocycles. The summed E-state index contributed by atoms with van der Waals surface area (Å²) >= 11 is 3.39. The van der Waals surface area contributed by atoms with Crippen LogP contribution in [-0.2, 0) is 4.79 Å². The largest absolute Gasteiger partial charge is 0.388 e. The molecule has 0 fully saturated rings. The molecule has 0 unspecified atom stereocenters. The van der Waals surface area contributed by atoms with Gasteiger partial charge in [0.2, 0.25) is 5.91 Å². The second-order valence-corrected chi connectivity index (χ2v) is 5.61. The molecule has 0 bridgehead atoms. The van der Waals surface area contributed by atoms with Crippen LogP contribution in [0.4, 0.5) is 5.69 Å². The predicted molar refractivity (Wildman–Crippen MR) is 89.6 cm³/mol. The van der Waals surface area contributed by atoms with Crippen molar-refractivity contribution in [2.45, 2.75) is 33.6 Å². The summed E-state index contributed by atoms with van der Waals surface area (Å²) in [5.74, 6) is -0.112. The van der Waals surface area contributed by atoms with Crippen LogP contribution in [-0.4, -0.2) is 18.7 Å². The van der Waals surface area contributed by atoms with Crippen molar-refractivity contribution in [3.8, 4) is 0 Å². The van der Waals surface area contributed by atoms with Crippen molar-refractivity contribution in [1.82, 2.24) is 5.32 Å². The summed E-state index contributed by atoms with van der Waals surface area (Å²) in [6.45, 7) is 6.67. The van der Waals surface area contributed by atoms with Crippen molar-refractivity contribution in [3.05, 3.63) is 39.5 Å². The first-order valence-corrected chi connectivity index (χ1v) is 7.75. The standard InChI is InChI=1S/C16H21BrN2O2/c1-4-6-18-13(5-2)9-16(21)19-14-7-12(10-20)11(3)15(17)8-14/h5,7-8,10,18H,4,6,9H2,1-3H3,(H,19,21)/b13-5-. The first-order chi connectivity index (χ1) is 10.0. The highest BCUT2D eigenvalue weighted by molar-refractivity contribution is 9.10. The van der Waals surface area contributed by atoms with E-state index in [-0.39, 0.29) is 5.91 Å². The molecule has 2 N–H and O–H groups in total. The topological polar surface area (TPSA) is 58.2 Å². The maximum absolute atomic E-state index is 12.0. The number of carbonyl (C=O) groups excluding carboxylic acids is 2. The van der Waals surface area contributed by atoms with Gasteiger partial charge < -0.3 is 10.6 Å². The van der Waals surface area contributed by atoms with Gasteiger partial charge in [0, 0.05) is 28.0 Å². The van der Waals surface area contributed by atoms with Gasteiger partial charge in [-0.1, -0.05) is 28.9 Å². The average Bonchev–Trinajstić information content (AvgIpc) is 2.46. The lowest BCUT2D eigenvalue weighted by molar-refractivity contribution is -0.115. The molecule has 21 heavy (non-hydrogen) atoms. The fraction of sp³-hybridized carbons (Fsp3) is 0.375. The average molecular weight is 353 g/mol. The minimum absolute atomic E-state index is 0.112. The van der Waals surface area contributed by atoms with Crippen molar-refractivity contribution in [1.29, 1.82) is 0 Å². The van der Waals surface area contributed by atoms with E-state index in [1.54, 1.807) is 12.1 Å². The third kappa shape index (κ3) is 5.34. The lowest BCUT2D eigenvalue weighted by atomic mass is 10.1. The Bertz CT molecular complexity index is 553. The highest BCUT2D eigenvalue weighted by Gasteiger charge is 2.09. The minimum atomic E-state index is -0.112. The fourth-order valence-electron chi connectivity index (χ4n) is 1.83. The summed E-state index contributed by atoms with van der Waals surface area (Å²) in [6, 6.07) is 3.48. The molecule has 0 aliphatic carbocycles. The molecule has 1 amide bonds. The van der Waals surface area contributed by atoms with Crippen molar-refractivity contribution in [2.24, 2.45) is 0 Å². The number of hydrogen-bond donors (Lipinski definition) is 2. The lowest BCUT2D eigenvalue weighted by Gasteiger charge is -2.12. The number of aldehydes is 1. The van der Waals surface area contributed by atoms with Crippen molar-refractivity contribution in [3.63, 3.8) is 0 Å². The minimum Gasteiger partial charge on any atom is -0.388 e. The zero-order valence-electron chi connectivity index (χ0n) is 12.6. The maximum Gasteiger partial charge on any atom is 0.230 e. The van der Waals surface area contributed by atoms with Gasteiger partial charge in [-0.3, -0.25) is 9.59 Å². The lowest BCUT2D eigenvalue weighted by Crippen LogP contribution is -2.20. The summed E-state index contributed by atoms with van der Waals surface area (Å²) in [5, 5.41) is 6.03. The van der Waals surface area contributed by atoms with Crippen LogP contribution in [0, 0.1) is 6.92 Å². The zero-order chi connectivity index (χ0) is 15.8. The molecule has 0 atom stereocenters. The van der Waals surface area contributed by atoms with Gasteiger partial charge in [-0.25, -0.2) is 0 Å². The zero-order valence-corrected chi connectivity index (χ0v) is 14.2. The van der Waals surface area contributed by atoms with Crippen LogP contribution in [0.25, 0.3) is 0 Å². The van der Waals surface area contributed by atoms with E-state index in [1.807, 2.05) is 19.9 Å². The van der Waals surface area contributed by atoms with E-state index in [1.165, 1.54) is 0 Å². The fourth-order valence-corrected chi connectivity index (χ4v) is 2.30. The molecule has 0 aromatic heterocycles. The third-order valence-electron chi connectivity index (χ3n) is 3.10. The van der Waals surface area contributed by atoms with E-state index < -0.39 is 0 Å². The quantitative estimate of drug-likeness (QED) is 0.733. The number of allylic oxidation sites excluding steroid dienone is 1. The Kier molecular flexibility index (Phi) is 7.15. The Balaban J connectivity index is 2.75. The second-order valence-electron chi connectivity index (χ2n) is 4.76. The van der Waals surface area contributed by atoms with E-state index in [2.05, 4.69) is 33.5 Å². The molecule has 0 spiro atoms. The van der Waals surface area contributed by atoms with Gasteiger partial charge >= 0.3 is 0 Å². The second kappa shape index (κ2) is 8.62. The number of benzene rings is 1. The Morgan fingerprint density at radius 2 is 2.10 bits per heavy atom. The number of carbonyl (C=O) groups is 2. The van der Waals surface area contributed by atoms with Gasteiger partial charge in [0.1, 0.15) is 6.29 Å². The van der Waals surface area contributed by atoms with E-state index in [4.69, 9.17) is 0 Å². The van der Waals surface area contributed by atoms with Gasteiger partial charge in [0.15, 0.2) is 0 Å². The molecule has 0 aliphatic rings. The van der Waals surface area contributed by atoms with Crippen LogP contribution in [0.15, 0.2) is 28.4 Å². The molecular weight excluding hydrogens is 332 g/mol. The van der Waals surface area contributed by atoms with Crippen molar-refractivity contribution < 1.29 is 9.59 Å². The molecular formula is C16H21BrN2O2. The smallest absolute Gasteiger partial charge is 0.230 e. The van der Waals surface area contributed by atoms with Gasteiger partial charge in [-0.05, 0) is 38.0 Å². The number of hydrogen-bond acceptors (Lipinski definition) is 3. The molecule has 0 heterocycles. The van der Waals surface area contributed by atoms with E-state index in [9.17, 15) is 9.59 Å². The Morgan fingerprint density at radius 1 is 1.38 bits per heavy atom. The summed E-state index contributed by atoms with van der Waals surface area (Å²) in [7, 11) is 0. The molecule has 1 rings (SSSR count). The highest BCUT2D eigenvalue weighted by Crippen LogP contribution is 2.24. The van der Waals surface area contributed by atoms with Gasteiger partial charge in [0.25, 0.3) is 0 Å². The number of halogens is 1. The molecule has 4 nitrogen and oxygen atoms in total. The summed E-state index contributed by atoms with van der Waals surface area (Å²) in [6.07, 6.45) is 3.98. The number of anilines is 1. The molecule has 0 aliphatic heterocycles. The predicted octanol–water partition coefficient (Wildman–Crippen LogP) is 3.80. The van der Waals surface area contributed by atoms with E-state index in [0.717, 1.165) is 35.0 Å². The van der Waals surface area contributed by atoms with Crippen LogP contribution < -0.4 is 10.6 Å².